The minimum absolute atomic E-state index is 0.00137. The van der Waals surface area contributed by atoms with Gasteiger partial charge in [0.25, 0.3) is 17.9 Å². The molecule has 0 radical (unpaired) electrons. The Labute approximate surface area is 348 Å². The van der Waals surface area contributed by atoms with Crippen molar-refractivity contribution in [3.05, 3.63) is 104 Å². The van der Waals surface area contributed by atoms with Crippen molar-refractivity contribution < 1.29 is 44.3 Å². The molecule has 2 aliphatic carbocycles. The van der Waals surface area contributed by atoms with Crippen molar-refractivity contribution in [2.24, 2.45) is 18.9 Å². The number of amides is 1. The first-order valence-electron chi connectivity index (χ1n) is 19.0. The van der Waals surface area contributed by atoms with Crippen LogP contribution in [0.3, 0.4) is 0 Å². The molecular weight excluding hydrogens is 854 g/mol. The molecule has 2 N–H and O–H groups in total. The van der Waals surface area contributed by atoms with Crippen molar-refractivity contribution in [1.82, 2.24) is 34.4 Å². The SMILES string of the molecule is CC(C)[C@H](C)Oc1ccc2c(=O)n(-c3ccc(Cl)c4c(NS(C)(=O)=O)nn(C)c34)c([C@H](Cc3cc(F)cc(F)c3)NC(=O)Cn3nc(C(F)F)c4c3C(F)(F)C3CC43)nc2c1. The fourth-order valence-electron chi connectivity index (χ4n) is 7.98. The zero-order valence-electron chi connectivity index (χ0n) is 33.0. The van der Waals surface area contributed by atoms with Crippen molar-refractivity contribution in [3.8, 4) is 11.4 Å². The summed E-state index contributed by atoms with van der Waals surface area (Å²) in [5.41, 5.74) is -2.48. The molecule has 0 bridgehead atoms. The van der Waals surface area contributed by atoms with Crippen LogP contribution < -0.4 is 20.3 Å². The molecule has 1 fully saturated rings. The average Bonchev–Trinajstić information content (AvgIpc) is 3.69. The van der Waals surface area contributed by atoms with E-state index in [1.807, 2.05) is 20.8 Å². The van der Waals surface area contributed by atoms with E-state index in [4.69, 9.17) is 21.3 Å². The summed E-state index contributed by atoms with van der Waals surface area (Å²) in [6, 6.07) is 8.40. The van der Waals surface area contributed by atoms with Gasteiger partial charge in [-0.2, -0.15) is 19.0 Å². The number of aromatic nitrogens is 6. The van der Waals surface area contributed by atoms with Crippen LogP contribution in [0.5, 0.6) is 5.75 Å². The van der Waals surface area contributed by atoms with E-state index in [0.717, 1.165) is 23.0 Å². The molecule has 8 rings (SSSR count). The van der Waals surface area contributed by atoms with Crippen LogP contribution in [-0.4, -0.2) is 55.8 Å². The van der Waals surface area contributed by atoms with E-state index in [9.17, 15) is 35.6 Å². The molecule has 4 atom stereocenters. The number of aryl methyl sites for hydroxylation is 1. The third kappa shape index (κ3) is 7.68. The number of carbonyl (C=O) groups is 1. The highest BCUT2D eigenvalue weighted by atomic mass is 35.5. The van der Waals surface area contributed by atoms with E-state index >= 15 is 8.78 Å². The maximum absolute atomic E-state index is 15.5. The average molecular weight is 891 g/mol. The van der Waals surface area contributed by atoms with Gasteiger partial charge >= 0.3 is 0 Å². The first kappa shape index (κ1) is 42.1. The van der Waals surface area contributed by atoms with Crippen LogP contribution in [-0.2, 0) is 40.8 Å². The molecule has 3 aromatic carbocycles. The topological polar surface area (TPSA) is 155 Å². The standard InChI is InChI=1S/C40H37ClF6N8O5S/c1-17(2)18(3)60-22-6-7-23-27(14-22)49-38(55(39(23)57)29-9-8-26(41)32-34(29)53(4)51-37(32)52-61(5,58)59)28(12-19-10-20(42)13-21(43)11-19)48-30(56)16-54-35-31(33(50-54)36(44)45)24-15-25(24)40(35,46)47/h6-11,13-14,17-18,24-25,28,36H,12,15-16H2,1-5H3,(H,48,56)(H,51,52)/t18-,24?,25?,28-/m0/s1. The number of halogens is 7. The Morgan fingerprint density at radius 2 is 1.75 bits per heavy atom. The first-order chi connectivity index (χ1) is 28.6. The monoisotopic (exact) mass is 890 g/mol. The number of fused-ring (bicyclic) bond motifs is 5. The molecule has 3 heterocycles. The lowest BCUT2D eigenvalue weighted by atomic mass is 10.0. The molecule has 6 aromatic rings. The van der Waals surface area contributed by atoms with Gasteiger partial charge in [0.05, 0.1) is 50.9 Å². The summed E-state index contributed by atoms with van der Waals surface area (Å²) in [5, 5.41) is 10.9. The van der Waals surface area contributed by atoms with Crippen LogP contribution in [0.4, 0.5) is 32.2 Å². The Hall–Kier alpha value is -5.63. The number of carbonyl (C=O) groups excluding carboxylic acids is 1. The van der Waals surface area contributed by atoms with Crippen LogP contribution in [0.15, 0.2) is 53.3 Å². The van der Waals surface area contributed by atoms with E-state index in [-0.39, 0.29) is 73.7 Å². The molecular formula is C40H37ClF6N8O5S. The minimum Gasteiger partial charge on any atom is -0.490 e. The van der Waals surface area contributed by atoms with Gasteiger partial charge in [-0.15, -0.1) is 0 Å². The number of sulfonamides is 1. The van der Waals surface area contributed by atoms with Gasteiger partial charge in [0, 0.05) is 37.1 Å². The highest BCUT2D eigenvalue weighted by Crippen LogP contribution is 2.68. The molecule has 21 heteroatoms. The normalized spacial score (nSPS) is 17.8. The van der Waals surface area contributed by atoms with Crippen molar-refractivity contribution in [2.75, 3.05) is 11.0 Å². The summed E-state index contributed by atoms with van der Waals surface area (Å²) < 4.78 is 125. The molecule has 0 spiro atoms. The van der Waals surface area contributed by atoms with Gasteiger partial charge in [-0.05, 0) is 67.1 Å². The second-order valence-electron chi connectivity index (χ2n) is 15.8. The number of rotatable bonds is 13. The van der Waals surface area contributed by atoms with Crippen LogP contribution in [0.25, 0.3) is 27.5 Å². The number of alkyl halides is 4. The smallest absolute Gasteiger partial charge is 0.293 e. The van der Waals surface area contributed by atoms with E-state index < -0.39 is 87.7 Å². The number of hydrogen-bond acceptors (Lipinski definition) is 8. The fourth-order valence-corrected chi connectivity index (χ4v) is 8.72. The van der Waals surface area contributed by atoms with Crippen LogP contribution in [0, 0.1) is 23.5 Å². The molecule has 322 valence electrons. The second-order valence-corrected chi connectivity index (χ2v) is 17.9. The molecule has 0 aliphatic heterocycles. The summed E-state index contributed by atoms with van der Waals surface area (Å²) in [6.07, 6.45) is -3.03. The van der Waals surface area contributed by atoms with Gasteiger partial charge in [0.1, 0.15) is 41.1 Å². The molecule has 0 saturated heterocycles. The molecule has 3 aromatic heterocycles. The van der Waals surface area contributed by atoms with Crippen molar-refractivity contribution in [2.45, 2.75) is 70.6 Å². The Morgan fingerprint density at radius 1 is 1.05 bits per heavy atom. The van der Waals surface area contributed by atoms with E-state index in [1.165, 1.54) is 36.0 Å². The Kier molecular flexibility index (Phi) is 10.4. The van der Waals surface area contributed by atoms with Crippen molar-refractivity contribution >= 4 is 55.2 Å². The highest BCUT2D eigenvalue weighted by molar-refractivity contribution is 7.92. The number of anilines is 1. The maximum atomic E-state index is 15.5. The predicted octanol–water partition coefficient (Wildman–Crippen LogP) is 7.44. The third-order valence-corrected chi connectivity index (χ3v) is 11.9. The molecule has 13 nitrogen and oxygen atoms in total. The lowest BCUT2D eigenvalue weighted by molar-refractivity contribution is -0.123. The second kappa shape index (κ2) is 15.1. The van der Waals surface area contributed by atoms with Gasteiger partial charge in [0.15, 0.2) is 5.82 Å². The Morgan fingerprint density at radius 3 is 2.41 bits per heavy atom. The number of hydrogen-bond donors (Lipinski definition) is 2. The summed E-state index contributed by atoms with van der Waals surface area (Å²) >= 11 is 6.62. The van der Waals surface area contributed by atoms with Crippen molar-refractivity contribution in [3.63, 3.8) is 0 Å². The maximum Gasteiger partial charge on any atom is 0.293 e. The van der Waals surface area contributed by atoms with Gasteiger partial charge in [0.2, 0.25) is 15.9 Å². The lowest BCUT2D eigenvalue weighted by Gasteiger charge is -2.24. The Bertz CT molecular complexity index is 2930. The minimum atomic E-state index is -3.90. The van der Waals surface area contributed by atoms with E-state index in [0.29, 0.717) is 16.5 Å². The third-order valence-electron chi connectivity index (χ3n) is 11.0. The first-order valence-corrected chi connectivity index (χ1v) is 21.3. The number of ether oxygens (including phenoxy) is 1. The van der Waals surface area contributed by atoms with Gasteiger partial charge in [-0.25, -0.2) is 31.0 Å². The van der Waals surface area contributed by atoms with Crippen LogP contribution in [0.2, 0.25) is 5.02 Å². The molecule has 2 aliphatic rings. The summed E-state index contributed by atoms with van der Waals surface area (Å²) in [7, 11) is -2.45. The van der Waals surface area contributed by atoms with Gasteiger partial charge < -0.3 is 10.1 Å². The van der Waals surface area contributed by atoms with Gasteiger partial charge in [-0.3, -0.25) is 28.2 Å². The summed E-state index contributed by atoms with van der Waals surface area (Å²) in [5.74, 6) is -8.58. The highest BCUT2D eigenvalue weighted by Gasteiger charge is 2.67. The zero-order chi connectivity index (χ0) is 44.0. The van der Waals surface area contributed by atoms with E-state index in [2.05, 4.69) is 20.2 Å². The number of benzene rings is 3. The zero-order valence-corrected chi connectivity index (χ0v) is 34.6. The summed E-state index contributed by atoms with van der Waals surface area (Å²) in [4.78, 5) is 33.9. The fraction of sp³-hybridized carbons (Fsp3) is 0.375. The van der Waals surface area contributed by atoms with E-state index in [1.54, 1.807) is 6.07 Å². The molecule has 1 saturated carbocycles. The lowest BCUT2D eigenvalue weighted by Crippen LogP contribution is -2.38. The predicted molar refractivity (Wildman–Crippen MR) is 213 cm³/mol. The summed E-state index contributed by atoms with van der Waals surface area (Å²) in [6.45, 7) is 4.76. The quantitative estimate of drug-likeness (QED) is 0.114. The van der Waals surface area contributed by atoms with Gasteiger partial charge in [-0.1, -0.05) is 25.4 Å². The number of nitrogens with zero attached hydrogens (tertiary/aromatic N) is 6. The van der Waals surface area contributed by atoms with Crippen LogP contribution >= 0.6 is 11.6 Å². The molecule has 2 unspecified atom stereocenters. The Balaban J connectivity index is 1.34. The largest absolute Gasteiger partial charge is 0.490 e. The van der Waals surface area contributed by atoms with Crippen LogP contribution in [0.1, 0.15) is 73.9 Å². The van der Waals surface area contributed by atoms with Crippen molar-refractivity contribution in [1.29, 1.82) is 0 Å². The molecule has 1 amide bonds. The number of nitrogens with one attached hydrogen (secondary N) is 2. The molecule has 61 heavy (non-hydrogen) atoms.